The van der Waals surface area contributed by atoms with Crippen molar-refractivity contribution in [1.82, 2.24) is 4.90 Å². The van der Waals surface area contributed by atoms with Gasteiger partial charge in [-0.1, -0.05) is 30.7 Å². The van der Waals surface area contributed by atoms with Crippen LogP contribution in [0, 0.1) is 0 Å². The highest BCUT2D eigenvalue weighted by molar-refractivity contribution is 5.19. The zero-order valence-corrected chi connectivity index (χ0v) is 8.21. The molecule has 1 rings (SSSR count). The molecule has 68 valence electrons. The first-order valence-corrected chi connectivity index (χ1v) is 4.91. The Bertz CT molecular complexity index is 179. The van der Waals surface area contributed by atoms with E-state index in [1.807, 2.05) is 0 Å². The molecule has 0 unspecified atom stereocenters. The fourth-order valence-electron chi connectivity index (χ4n) is 1.60. The quantitative estimate of drug-likeness (QED) is 0.608. The maximum absolute atomic E-state index is 2.48. The van der Waals surface area contributed by atoms with Gasteiger partial charge in [0.2, 0.25) is 0 Å². The summed E-state index contributed by atoms with van der Waals surface area (Å²) in [4.78, 5) is 2.48. The molecule has 0 fully saturated rings. The summed E-state index contributed by atoms with van der Waals surface area (Å²) in [6.07, 6.45) is 9.29. The fourth-order valence-corrected chi connectivity index (χ4v) is 1.60. The third-order valence-corrected chi connectivity index (χ3v) is 2.38. The van der Waals surface area contributed by atoms with Crippen molar-refractivity contribution < 1.29 is 0 Å². The average molecular weight is 165 g/mol. The van der Waals surface area contributed by atoms with Crippen LogP contribution in [-0.2, 0) is 0 Å². The van der Waals surface area contributed by atoms with Gasteiger partial charge in [-0.25, -0.2) is 0 Å². The van der Waals surface area contributed by atoms with Crippen molar-refractivity contribution in [2.75, 3.05) is 19.6 Å². The molecular weight excluding hydrogens is 146 g/mol. The van der Waals surface area contributed by atoms with Crippen LogP contribution in [0.2, 0.25) is 0 Å². The van der Waals surface area contributed by atoms with Crippen LogP contribution in [0.5, 0.6) is 0 Å². The van der Waals surface area contributed by atoms with E-state index < -0.39 is 0 Å². The molecular formula is C11H19N. The van der Waals surface area contributed by atoms with Gasteiger partial charge in [0.15, 0.2) is 0 Å². The van der Waals surface area contributed by atoms with E-state index in [-0.39, 0.29) is 0 Å². The normalized spacial score (nSPS) is 21.0. The Labute approximate surface area is 75.8 Å². The molecule has 0 aliphatic carbocycles. The van der Waals surface area contributed by atoms with Crippen molar-refractivity contribution in [3.05, 3.63) is 23.8 Å². The van der Waals surface area contributed by atoms with Crippen LogP contribution in [0.4, 0.5) is 0 Å². The van der Waals surface area contributed by atoms with Gasteiger partial charge in [-0.3, -0.25) is 4.90 Å². The maximum atomic E-state index is 2.48. The number of rotatable bonds is 2. The molecule has 1 aliphatic heterocycles. The van der Waals surface area contributed by atoms with Crippen molar-refractivity contribution in [3.63, 3.8) is 0 Å². The average Bonchev–Trinajstić information content (AvgIpc) is 2.31. The minimum Gasteiger partial charge on any atom is -0.300 e. The molecule has 1 heterocycles. The van der Waals surface area contributed by atoms with Crippen molar-refractivity contribution in [2.24, 2.45) is 0 Å². The van der Waals surface area contributed by atoms with Crippen molar-refractivity contribution in [3.8, 4) is 0 Å². The number of allylic oxidation sites excluding steroid dienone is 3. The van der Waals surface area contributed by atoms with Crippen LogP contribution in [0.15, 0.2) is 23.8 Å². The Balaban J connectivity index is 2.49. The molecule has 0 aromatic carbocycles. The van der Waals surface area contributed by atoms with Crippen LogP contribution in [0.1, 0.15) is 26.7 Å². The smallest absolute Gasteiger partial charge is 0.0168 e. The van der Waals surface area contributed by atoms with Crippen LogP contribution < -0.4 is 0 Å². The molecule has 0 amide bonds. The van der Waals surface area contributed by atoms with Crippen molar-refractivity contribution >= 4 is 0 Å². The molecule has 0 atom stereocenters. The van der Waals surface area contributed by atoms with Crippen LogP contribution in [-0.4, -0.2) is 24.5 Å². The fraction of sp³-hybridized carbons (Fsp3) is 0.636. The lowest BCUT2D eigenvalue weighted by Gasteiger charge is -2.15. The predicted octanol–water partition coefficient (Wildman–Crippen LogP) is 2.60. The van der Waals surface area contributed by atoms with Gasteiger partial charge in [-0.2, -0.15) is 0 Å². The lowest BCUT2D eigenvalue weighted by atomic mass is 10.1. The third kappa shape index (κ3) is 2.82. The van der Waals surface area contributed by atoms with E-state index in [4.69, 9.17) is 0 Å². The van der Waals surface area contributed by atoms with Gasteiger partial charge >= 0.3 is 0 Å². The topological polar surface area (TPSA) is 3.24 Å². The summed E-state index contributed by atoms with van der Waals surface area (Å²) in [6.45, 7) is 7.89. The lowest BCUT2D eigenvalue weighted by Crippen LogP contribution is -2.23. The van der Waals surface area contributed by atoms with Gasteiger partial charge in [-0.15, -0.1) is 0 Å². The van der Waals surface area contributed by atoms with Gasteiger partial charge in [0, 0.05) is 6.54 Å². The van der Waals surface area contributed by atoms with E-state index in [0.29, 0.717) is 0 Å². The van der Waals surface area contributed by atoms with E-state index >= 15 is 0 Å². The van der Waals surface area contributed by atoms with E-state index in [0.717, 1.165) is 6.54 Å². The largest absolute Gasteiger partial charge is 0.300 e. The summed E-state index contributed by atoms with van der Waals surface area (Å²) in [6, 6.07) is 0. The van der Waals surface area contributed by atoms with Gasteiger partial charge in [0.1, 0.15) is 0 Å². The van der Waals surface area contributed by atoms with Crippen LogP contribution >= 0.6 is 0 Å². The molecule has 0 saturated carbocycles. The summed E-state index contributed by atoms with van der Waals surface area (Å²) in [5.41, 5.74) is 1.51. The highest BCUT2D eigenvalue weighted by Gasteiger charge is 2.05. The Morgan fingerprint density at radius 3 is 3.08 bits per heavy atom. The summed E-state index contributed by atoms with van der Waals surface area (Å²) in [7, 11) is 0. The van der Waals surface area contributed by atoms with Gasteiger partial charge < -0.3 is 0 Å². The molecule has 1 aliphatic rings. The summed E-state index contributed by atoms with van der Waals surface area (Å²) >= 11 is 0. The second-order valence-electron chi connectivity index (χ2n) is 3.28. The first-order valence-electron chi connectivity index (χ1n) is 4.91. The molecule has 0 bridgehead atoms. The summed E-state index contributed by atoms with van der Waals surface area (Å²) < 4.78 is 0. The minimum atomic E-state index is 1.14. The molecule has 0 aromatic rings. The first-order chi connectivity index (χ1) is 5.86. The SMILES string of the molecule is C/C=C\C1=CCN(CC)CCC1. The highest BCUT2D eigenvalue weighted by Crippen LogP contribution is 2.12. The number of nitrogens with zero attached hydrogens (tertiary/aromatic N) is 1. The minimum absolute atomic E-state index is 1.14. The summed E-state index contributed by atoms with van der Waals surface area (Å²) in [5.74, 6) is 0. The molecule has 1 heteroatoms. The van der Waals surface area contributed by atoms with E-state index in [2.05, 4.69) is 37.0 Å². The number of hydrogen-bond acceptors (Lipinski definition) is 1. The first kappa shape index (κ1) is 9.53. The van der Waals surface area contributed by atoms with Gasteiger partial charge in [0.25, 0.3) is 0 Å². The Hall–Kier alpha value is -0.560. The molecule has 0 aromatic heterocycles. The molecule has 1 nitrogen and oxygen atoms in total. The van der Waals surface area contributed by atoms with Gasteiger partial charge in [0.05, 0.1) is 0 Å². The Kier molecular flexibility index (Phi) is 4.09. The van der Waals surface area contributed by atoms with E-state index in [9.17, 15) is 0 Å². The van der Waals surface area contributed by atoms with E-state index in [1.165, 1.54) is 31.5 Å². The molecule has 0 saturated heterocycles. The van der Waals surface area contributed by atoms with Crippen LogP contribution in [0.25, 0.3) is 0 Å². The van der Waals surface area contributed by atoms with E-state index in [1.54, 1.807) is 0 Å². The molecule has 0 N–H and O–H groups in total. The highest BCUT2D eigenvalue weighted by atomic mass is 15.1. The Morgan fingerprint density at radius 2 is 2.42 bits per heavy atom. The lowest BCUT2D eigenvalue weighted by molar-refractivity contribution is 0.321. The van der Waals surface area contributed by atoms with Crippen molar-refractivity contribution in [1.29, 1.82) is 0 Å². The molecule has 0 spiro atoms. The standard InChI is InChI=1S/C11H19N/c1-3-6-11-7-5-9-12(4-2)10-8-11/h3,6,8H,4-5,7,9-10H2,1-2H3/b6-3-. The number of likely N-dealkylation sites (N-methyl/N-ethyl adjacent to an activating group) is 1. The zero-order valence-electron chi connectivity index (χ0n) is 8.21. The van der Waals surface area contributed by atoms with Gasteiger partial charge in [-0.05, 0) is 32.9 Å². The van der Waals surface area contributed by atoms with Crippen LogP contribution in [0.3, 0.4) is 0 Å². The maximum Gasteiger partial charge on any atom is 0.0168 e. The number of hydrogen-bond donors (Lipinski definition) is 0. The van der Waals surface area contributed by atoms with Crippen molar-refractivity contribution in [2.45, 2.75) is 26.7 Å². The Morgan fingerprint density at radius 1 is 1.58 bits per heavy atom. The predicted molar refractivity (Wildman–Crippen MR) is 54.2 cm³/mol. The second kappa shape index (κ2) is 5.15. The zero-order chi connectivity index (χ0) is 8.81. The third-order valence-electron chi connectivity index (χ3n) is 2.38. The molecule has 0 radical (unpaired) electrons. The summed E-state index contributed by atoms with van der Waals surface area (Å²) in [5, 5.41) is 0. The molecule has 12 heavy (non-hydrogen) atoms. The monoisotopic (exact) mass is 165 g/mol. The second-order valence-corrected chi connectivity index (χ2v) is 3.28.